The van der Waals surface area contributed by atoms with Crippen LogP contribution in [-0.2, 0) is 47.8 Å². The number of esters is 2. The number of likely N-dealkylation sites (N-methyl/N-ethyl adjacent to an activating group) is 1. The molecule has 1 fully saturated rings. The van der Waals surface area contributed by atoms with Crippen molar-refractivity contribution in [3.8, 4) is 0 Å². The van der Waals surface area contributed by atoms with Crippen LogP contribution in [0.3, 0.4) is 0 Å². The molecule has 53 heavy (non-hydrogen) atoms. The number of fused-ring (bicyclic) bond motifs is 1. The average Bonchev–Trinajstić information content (AvgIpc) is 3.87. The van der Waals surface area contributed by atoms with Crippen LogP contribution in [0.4, 0.5) is 11.8 Å². The van der Waals surface area contributed by atoms with Crippen LogP contribution in [0.2, 0.25) is 0 Å². The molecule has 0 saturated heterocycles. The predicted molar refractivity (Wildman–Crippen MR) is 205 cm³/mol. The van der Waals surface area contributed by atoms with E-state index in [0.717, 1.165) is 24.0 Å². The third-order valence-electron chi connectivity index (χ3n) is 8.69. The van der Waals surface area contributed by atoms with E-state index < -0.39 is 31.5 Å². The lowest BCUT2D eigenvalue weighted by atomic mass is 10.1. The molecule has 3 atom stereocenters. The number of nitrogen functional groups attached to an aromatic ring is 1. The van der Waals surface area contributed by atoms with E-state index in [4.69, 9.17) is 19.9 Å². The number of ether oxygens (including phenoxy) is 3. The van der Waals surface area contributed by atoms with Crippen LogP contribution in [0.1, 0.15) is 51.7 Å². The standard InChI is InChI=1S/C38H53N8O6P/c1-26(2)22-51-36(47)31(20-28-12-8-6-9-13-28)44-53(49,45(5)32(37(48)52-23-27(3)4)21-29-14-10-7-11-15-29)25-50-19-18-46-24-40-33-34(41-30-16-17-30)42-38(39)43-35(33)46/h6-15,24,26-27,30-32H,16-23,25H2,1-5H3,(H,44,49)(H3,39,41,42,43). The van der Waals surface area contributed by atoms with Crippen LogP contribution in [0.5, 0.6) is 0 Å². The summed E-state index contributed by atoms with van der Waals surface area (Å²) >= 11 is 0. The molecule has 1 aliphatic rings. The number of nitrogens with zero attached hydrogens (tertiary/aromatic N) is 5. The number of nitrogens with one attached hydrogen (secondary N) is 2. The highest BCUT2D eigenvalue weighted by atomic mass is 31.2. The molecule has 0 aliphatic heterocycles. The number of carbonyl (C=O) groups excluding carboxylic acids is 2. The van der Waals surface area contributed by atoms with E-state index in [2.05, 4.69) is 25.4 Å². The molecule has 4 N–H and O–H groups in total. The van der Waals surface area contributed by atoms with Gasteiger partial charge in [0.2, 0.25) is 13.4 Å². The van der Waals surface area contributed by atoms with Crippen LogP contribution in [0, 0.1) is 11.8 Å². The van der Waals surface area contributed by atoms with Gasteiger partial charge in [0.15, 0.2) is 17.0 Å². The number of aromatic nitrogens is 4. The first kappa shape index (κ1) is 39.8. The van der Waals surface area contributed by atoms with Gasteiger partial charge in [0.05, 0.1) is 26.1 Å². The van der Waals surface area contributed by atoms with Gasteiger partial charge in [0.1, 0.15) is 18.4 Å². The molecule has 14 nitrogen and oxygen atoms in total. The van der Waals surface area contributed by atoms with Gasteiger partial charge >= 0.3 is 11.9 Å². The van der Waals surface area contributed by atoms with Crippen LogP contribution >= 0.6 is 7.44 Å². The lowest BCUT2D eigenvalue weighted by molar-refractivity contribution is -0.149. The van der Waals surface area contributed by atoms with E-state index >= 15 is 4.57 Å². The molecule has 286 valence electrons. The van der Waals surface area contributed by atoms with Crippen LogP contribution in [-0.4, -0.2) is 87.5 Å². The van der Waals surface area contributed by atoms with Gasteiger partial charge < -0.3 is 29.8 Å². The zero-order valence-electron chi connectivity index (χ0n) is 31.3. The Labute approximate surface area is 311 Å². The predicted octanol–water partition coefficient (Wildman–Crippen LogP) is 5.29. The number of imidazole rings is 1. The normalized spacial score (nSPS) is 15.4. The van der Waals surface area contributed by atoms with Gasteiger partial charge in [0.25, 0.3) is 0 Å². The Morgan fingerprint density at radius 3 is 2.13 bits per heavy atom. The van der Waals surface area contributed by atoms with E-state index in [1.165, 1.54) is 4.67 Å². The largest absolute Gasteiger partial charge is 0.464 e. The van der Waals surface area contributed by atoms with Crippen molar-refractivity contribution in [2.24, 2.45) is 11.8 Å². The molecule has 3 unspecified atom stereocenters. The second-order valence-corrected chi connectivity index (χ2v) is 16.9. The molecule has 0 amide bonds. The molecular weight excluding hydrogens is 695 g/mol. The van der Waals surface area contributed by atoms with Gasteiger partial charge in [-0.15, -0.1) is 0 Å². The first-order valence-electron chi connectivity index (χ1n) is 18.3. The summed E-state index contributed by atoms with van der Waals surface area (Å²) in [6.07, 6.45) is 3.87. The molecule has 4 aromatic rings. The van der Waals surface area contributed by atoms with Crippen molar-refractivity contribution in [3.63, 3.8) is 0 Å². The molecule has 1 aliphatic carbocycles. The lowest BCUT2D eigenvalue weighted by Crippen LogP contribution is -2.47. The summed E-state index contributed by atoms with van der Waals surface area (Å²) in [4.78, 5) is 40.7. The monoisotopic (exact) mass is 748 g/mol. The SMILES string of the molecule is CC(C)COC(=O)C(Cc1ccccc1)NP(=O)(COCCn1cnc2c(NC3CC3)nc(N)nc21)N(C)C(Cc1ccccc1)C(=O)OCC(C)C. The van der Waals surface area contributed by atoms with Crippen LogP contribution < -0.4 is 16.1 Å². The maximum Gasteiger partial charge on any atom is 0.324 e. The highest BCUT2D eigenvalue weighted by Crippen LogP contribution is 2.47. The minimum absolute atomic E-state index is 0.0977. The summed E-state index contributed by atoms with van der Waals surface area (Å²) in [5, 5.41) is 6.52. The number of anilines is 2. The molecule has 2 aromatic carbocycles. The van der Waals surface area contributed by atoms with Crippen molar-refractivity contribution < 1.29 is 28.4 Å². The van der Waals surface area contributed by atoms with Gasteiger partial charge in [-0.3, -0.25) is 14.2 Å². The molecule has 2 heterocycles. The molecule has 0 spiro atoms. The topological polar surface area (TPSA) is 176 Å². The Balaban J connectivity index is 1.42. The van der Waals surface area contributed by atoms with Crippen molar-refractivity contribution in [3.05, 3.63) is 78.1 Å². The summed E-state index contributed by atoms with van der Waals surface area (Å²) in [6, 6.07) is 17.3. The first-order valence-corrected chi connectivity index (χ1v) is 20.1. The van der Waals surface area contributed by atoms with Crippen molar-refractivity contribution in [1.82, 2.24) is 29.3 Å². The third-order valence-corrected chi connectivity index (χ3v) is 11.2. The highest BCUT2D eigenvalue weighted by Gasteiger charge is 2.41. The first-order chi connectivity index (χ1) is 25.4. The van der Waals surface area contributed by atoms with Crippen LogP contribution in [0.25, 0.3) is 11.2 Å². The summed E-state index contributed by atoms with van der Waals surface area (Å²) in [5.74, 6) is -0.154. The quantitative estimate of drug-likeness (QED) is 0.0570. The van der Waals surface area contributed by atoms with Crippen molar-refractivity contribution >= 4 is 42.3 Å². The summed E-state index contributed by atoms with van der Waals surface area (Å²) in [7, 11) is -2.29. The lowest BCUT2D eigenvalue weighted by Gasteiger charge is -2.36. The zero-order valence-corrected chi connectivity index (χ0v) is 32.2. The Bertz CT molecular complexity index is 1840. The molecule has 1 saturated carbocycles. The molecular formula is C38H53N8O6P. The third kappa shape index (κ3) is 11.6. The van der Waals surface area contributed by atoms with Gasteiger partial charge in [-0.2, -0.15) is 9.97 Å². The Morgan fingerprint density at radius 1 is 0.925 bits per heavy atom. The minimum Gasteiger partial charge on any atom is -0.464 e. The minimum atomic E-state index is -3.90. The fourth-order valence-electron chi connectivity index (χ4n) is 5.62. The Kier molecular flexibility index (Phi) is 14.0. The van der Waals surface area contributed by atoms with Gasteiger partial charge in [-0.1, -0.05) is 88.4 Å². The number of benzene rings is 2. The van der Waals surface area contributed by atoms with E-state index in [-0.39, 0.29) is 56.8 Å². The van der Waals surface area contributed by atoms with Crippen molar-refractivity contribution in [2.75, 3.05) is 44.3 Å². The highest BCUT2D eigenvalue weighted by molar-refractivity contribution is 7.59. The van der Waals surface area contributed by atoms with E-state index in [0.29, 0.717) is 29.6 Å². The average molecular weight is 749 g/mol. The van der Waals surface area contributed by atoms with Gasteiger partial charge in [-0.25, -0.2) is 14.7 Å². The van der Waals surface area contributed by atoms with Crippen molar-refractivity contribution in [1.29, 1.82) is 0 Å². The maximum atomic E-state index is 15.4. The maximum absolute atomic E-state index is 15.4. The number of carbonyl (C=O) groups is 2. The zero-order chi connectivity index (χ0) is 38.0. The van der Waals surface area contributed by atoms with Crippen LogP contribution in [0.15, 0.2) is 67.0 Å². The van der Waals surface area contributed by atoms with Gasteiger partial charge in [0, 0.05) is 12.6 Å². The fourth-order valence-corrected chi connectivity index (χ4v) is 7.74. The second-order valence-electron chi connectivity index (χ2n) is 14.4. The number of hydrogen-bond acceptors (Lipinski definition) is 11. The Morgan fingerprint density at radius 2 is 1.53 bits per heavy atom. The van der Waals surface area contributed by atoms with Crippen molar-refractivity contribution in [2.45, 2.75) is 78.0 Å². The fraction of sp³-hybridized carbons (Fsp3) is 0.500. The van der Waals surface area contributed by atoms with Gasteiger partial charge in [-0.05, 0) is 55.7 Å². The van der Waals surface area contributed by atoms with E-state index in [9.17, 15) is 9.59 Å². The van der Waals surface area contributed by atoms with E-state index in [1.807, 2.05) is 88.4 Å². The second kappa shape index (κ2) is 18.6. The summed E-state index contributed by atoms with van der Waals surface area (Å²) < 4.78 is 36.3. The smallest absolute Gasteiger partial charge is 0.324 e. The number of rotatable bonds is 21. The molecule has 5 rings (SSSR count). The number of hydrogen-bond donors (Lipinski definition) is 3. The molecule has 0 bridgehead atoms. The summed E-state index contributed by atoms with van der Waals surface area (Å²) in [6.45, 7) is 8.63. The molecule has 15 heteroatoms. The summed E-state index contributed by atoms with van der Waals surface area (Å²) in [5.41, 5.74) is 8.91. The molecule has 2 aromatic heterocycles. The Hall–Kier alpha value is -4.36. The molecule has 0 radical (unpaired) electrons. The number of nitrogens with two attached hydrogens (primary N) is 1. The van der Waals surface area contributed by atoms with E-state index in [1.54, 1.807) is 17.9 Å².